The topological polar surface area (TPSA) is 84.7 Å². The van der Waals surface area contributed by atoms with Crippen LogP contribution in [-0.4, -0.2) is 65.6 Å². The number of amides is 1. The van der Waals surface area contributed by atoms with Crippen LogP contribution in [0.25, 0.3) is 11.8 Å². The second-order valence-corrected chi connectivity index (χ2v) is 11.8. The third-order valence-corrected chi connectivity index (χ3v) is 8.41. The fourth-order valence-electron chi connectivity index (χ4n) is 5.26. The van der Waals surface area contributed by atoms with Crippen molar-refractivity contribution < 1.29 is 31.1 Å². The Morgan fingerprint density at radius 2 is 1.82 bits per heavy atom. The summed E-state index contributed by atoms with van der Waals surface area (Å²) in [6, 6.07) is 5.60. The predicted molar refractivity (Wildman–Crippen MR) is 138 cm³/mol. The van der Waals surface area contributed by atoms with Gasteiger partial charge < -0.3 is 14.2 Å². The number of piperidine rings is 1. The first-order valence-corrected chi connectivity index (χ1v) is 14.1. The summed E-state index contributed by atoms with van der Waals surface area (Å²) in [7, 11) is -2.12. The highest BCUT2D eigenvalue weighted by atomic mass is 32.2. The van der Waals surface area contributed by atoms with Crippen LogP contribution in [0.5, 0.6) is 5.75 Å². The summed E-state index contributed by atoms with van der Waals surface area (Å²) in [5.74, 6) is -4.24. The van der Waals surface area contributed by atoms with E-state index in [9.17, 15) is 26.4 Å². The molecule has 12 heteroatoms. The molecular weight excluding hydrogens is 533 g/mol. The first-order valence-electron chi connectivity index (χ1n) is 12.3. The lowest BCUT2D eigenvalue weighted by molar-refractivity contribution is -0.137. The zero-order valence-corrected chi connectivity index (χ0v) is 22.4. The summed E-state index contributed by atoms with van der Waals surface area (Å²) in [5.41, 5.74) is 2.77. The number of hydrogen-bond acceptors (Lipinski definition) is 5. The number of halogens is 3. The minimum Gasteiger partial charge on any atom is -0.495 e. The molecule has 3 heterocycles. The van der Waals surface area contributed by atoms with Crippen molar-refractivity contribution in [1.82, 2.24) is 18.8 Å². The summed E-state index contributed by atoms with van der Waals surface area (Å²) in [4.78, 5) is 19.5. The Morgan fingerprint density at radius 3 is 2.44 bits per heavy atom. The zero-order chi connectivity index (χ0) is 28.1. The van der Waals surface area contributed by atoms with Gasteiger partial charge in [-0.15, -0.1) is 0 Å². The van der Waals surface area contributed by atoms with Gasteiger partial charge in [0, 0.05) is 30.9 Å². The van der Waals surface area contributed by atoms with Crippen LogP contribution in [0.1, 0.15) is 35.7 Å². The molecule has 0 unspecified atom stereocenters. The van der Waals surface area contributed by atoms with E-state index < -0.39 is 39.6 Å². The Hall–Kier alpha value is -3.64. The Morgan fingerprint density at radius 1 is 1.10 bits per heavy atom. The van der Waals surface area contributed by atoms with Crippen LogP contribution in [0.3, 0.4) is 0 Å². The fourth-order valence-corrected chi connectivity index (χ4v) is 6.11. The standard InChI is InChI=1S/C27H27F3N4O4S/c1-16-12-32(15-31-16)23-7-4-17(9-25(23)38-2)8-18-5-6-20-13-33(39(3,36)37)14-24(34(20)27(18)35)19-10-21(28)26(30)22(29)11-19/h4,7-12,15,20,24H,5-6,13-14H2,1-3H3/b18-8+/t20-,24-/m0/s1. The molecule has 0 N–H and O–H groups in total. The second-order valence-electron chi connectivity index (χ2n) is 9.82. The molecule has 1 amide bonds. The zero-order valence-electron chi connectivity index (χ0n) is 21.6. The lowest BCUT2D eigenvalue weighted by Gasteiger charge is -2.48. The molecule has 2 aromatic carbocycles. The molecule has 2 aliphatic rings. The maximum atomic E-state index is 14.2. The lowest BCUT2D eigenvalue weighted by atomic mass is 9.89. The van der Waals surface area contributed by atoms with Crippen molar-refractivity contribution in [2.24, 2.45) is 0 Å². The van der Waals surface area contributed by atoms with E-state index in [4.69, 9.17) is 4.74 Å². The summed E-state index contributed by atoms with van der Waals surface area (Å²) >= 11 is 0. The molecule has 0 aliphatic carbocycles. The SMILES string of the molecule is COc1cc(/C=C2\CC[C@H]3CN(S(C)(=O)=O)C[C@@H](c4cc(F)c(F)c(F)c4)N3C2=O)ccc1-n1cnc(C)c1. The molecule has 39 heavy (non-hydrogen) atoms. The van der Waals surface area contributed by atoms with Gasteiger partial charge in [0.15, 0.2) is 17.5 Å². The quantitative estimate of drug-likeness (QED) is 0.348. The number of hydrogen-bond donors (Lipinski definition) is 0. The molecule has 5 rings (SSSR count). The number of aromatic nitrogens is 2. The Kier molecular flexibility index (Phi) is 7.02. The molecule has 0 spiro atoms. The first kappa shape index (κ1) is 26.9. The highest BCUT2D eigenvalue weighted by molar-refractivity contribution is 7.88. The van der Waals surface area contributed by atoms with E-state index in [-0.39, 0.29) is 24.6 Å². The van der Waals surface area contributed by atoms with E-state index in [2.05, 4.69) is 4.98 Å². The smallest absolute Gasteiger partial charge is 0.250 e. The molecule has 0 radical (unpaired) electrons. The summed E-state index contributed by atoms with van der Waals surface area (Å²) < 4.78 is 75.4. The van der Waals surface area contributed by atoms with Crippen molar-refractivity contribution in [3.8, 4) is 11.4 Å². The molecule has 8 nitrogen and oxygen atoms in total. The number of ether oxygens (including phenoxy) is 1. The van der Waals surface area contributed by atoms with Crippen LogP contribution in [0, 0.1) is 24.4 Å². The number of rotatable bonds is 5. The molecule has 2 atom stereocenters. The van der Waals surface area contributed by atoms with E-state index in [1.165, 1.54) is 9.21 Å². The van der Waals surface area contributed by atoms with E-state index in [1.807, 2.05) is 29.8 Å². The number of fused-ring (bicyclic) bond motifs is 1. The van der Waals surface area contributed by atoms with Gasteiger partial charge in [-0.05, 0) is 61.2 Å². The molecule has 0 bridgehead atoms. The fraction of sp³-hybridized carbons (Fsp3) is 0.333. The van der Waals surface area contributed by atoms with Gasteiger partial charge in [0.2, 0.25) is 10.0 Å². The van der Waals surface area contributed by atoms with Crippen LogP contribution in [0.4, 0.5) is 13.2 Å². The number of sulfonamides is 1. The van der Waals surface area contributed by atoms with Gasteiger partial charge in [-0.3, -0.25) is 4.79 Å². The number of carbonyl (C=O) groups is 1. The van der Waals surface area contributed by atoms with E-state index in [1.54, 1.807) is 25.6 Å². The van der Waals surface area contributed by atoms with Gasteiger partial charge in [-0.2, -0.15) is 4.31 Å². The highest BCUT2D eigenvalue weighted by Gasteiger charge is 2.44. The van der Waals surface area contributed by atoms with Crippen molar-refractivity contribution in [1.29, 1.82) is 0 Å². The molecule has 2 fully saturated rings. The van der Waals surface area contributed by atoms with Crippen LogP contribution < -0.4 is 4.74 Å². The van der Waals surface area contributed by atoms with Gasteiger partial charge in [-0.1, -0.05) is 6.07 Å². The van der Waals surface area contributed by atoms with Crippen molar-refractivity contribution in [2.45, 2.75) is 31.8 Å². The molecule has 0 saturated carbocycles. The normalized spacial score (nSPS) is 21.3. The number of carbonyl (C=O) groups excluding carboxylic acids is 1. The number of methoxy groups -OCH3 is 1. The van der Waals surface area contributed by atoms with Gasteiger partial charge in [-0.25, -0.2) is 26.6 Å². The number of benzene rings is 2. The van der Waals surface area contributed by atoms with Crippen LogP contribution >= 0.6 is 0 Å². The second kappa shape index (κ2) is 10.2. The highest BCUT2D eigenvalue weighted by Crippen LogP contribution is 2.38. The first-order chi connectivity index (χ1) is 18.5. The van der Waals surface area contributed by atoms with Gasteiger partial charge in [0.05, 0.1) is 37.1 Å². The summed E-state index contributed by atoms with van der Waals surface area (Å²) in [6.07, 6.45) is 7.13. The Bertz CT molecular complexity index is 1560. The van der Waals surface area contributed by atoms with Gasteiger partial charge in [0.1, 0.15) is 5.75 Å². The summed E-state index contributed by atoms with van der Waals surface area (Å²) in [5, 5.41) is 0. The average molecular weight is 561 g/mol. The minimum absolute atomic E-state index is 0.0130. The van der Waals surface area contributed by atoms with Crippen molar-refractivity contribution in [3.05, 3.63) is 82.7 Å². The third-order valence-electron chi connectivity index (χ3n) is 7.17. The van der Waals surface area contributed by atoms with Crippen molar-refractivity contribution >= 4 is 22.0 Å². The largest absolute Gasteiger partial charge is 0.495 e. The predicted octanol–water partition coefficient (Wildman–Crippen LogP) is 4.00. The monoisotopic (exact) mass is 560 g/mol. The van der Waals surface area contributed by atoms with Crippen LogP contribution in [0.15, 0.2) is 48.4 Å². The van der Waals surface area contributed by atoms with Crippen LogP contribution in [-0.2, 0) is 14.8 Å². The Balaban J connectivity index is 1.51. The molecule has 3 aromatic rings. The average Bonchev–Trinajstić information content (AvgIpc) is 3.33. The molecule has 2 aliphatic heterocycles. The molecular formula is C27H27F3N4O4S. The Labute approximate surface area is 224 Å². The number of piperazine rings is 1. The lowest BCUT2D eigenvalue weighted by Crippen LogP contribution is -2.59. The maximum Gasteiger partial charge on any atom is 0.250 e. The van der Waals surface area contributed by atoms with E-state index in [0.29, 0.717) is 29.7 Å². The molecule has 1 aromatic heterocycles. The van der Waals surface area contributed by atoms with Crippen molar-refractivity contribution in [3.63, 3.8) is 0 Å². The molecule has 2 saturated heterocycles. The van der Waals surface area contributed by atoms with Gasteiger partial charge >= 0.3 is 0 Å². The number of imidazole rings is 1. The van der Waals surface area contributed by atoms with E-state index in [0.717, 1.165) is 29.8 Å². The number of nitrogens with zero attached hydrogens (tertiary/aromatic N) is 4. The molecule has 206 valence electrons. The summed E-state index contributed by atoms with van der Waals surface area (Å²) in [6.45, 7) is 1.74. The van der Waals surface area contributed by atoms with Gasteiger partial charge in [0.25, 0.3) is 5.91 Å². The minimum atomic E-state index is -3.66. The number of aryl methyl sites for hydroxylation is 1. The third kappa shape index (κ3) is 5.18. The van der Waals surface area contributed by atoms with Crippen LogP contribution in [0.2, 0.25) is 0 Å². The van der Waals surface area contributed by atoms with Crippen molar-refractivity contribution in [2.75, 3.05) is 26.5 Å². The maximum absolute atomic E-state index is 14.2. The van der Waals surface area contributed by atoms with E-state index >= 15 is 0 Å².